The maximum absolute atomic E-state index is 12.4. The largest absolute Gasteiger partial charge is 0.484 e. The molecule has 0 aliphatic rings. The van der Waals surface area contributed by atoms with E-state index in [0.717, 1.165) is 5.56 Å². The maximum Gasteiger partial charge on any atom is 0.262 e. The predicted octanol–water partition coefficient (Wildman–Crippen LogP) is 3.74. The van der Waals surface area contributed by atoms with E-state index in [9.17, 15) is 13.2 Å². The van der Waals surface area contributed by atoms with Gasteiger partial charge in [-0.3, -0.25) is 4.79 Å². The molecule has 0 fully saturated rings. The third-order valence-corrected chi connectivity index (χ3v) is 5.55. The monoisotopic (exact) mass is 410 g/mol. The first-order valence-electron chi connectivity index (χ1n) is 8.29. The Kier molecular flexibility index (Phi) is 6.51. The van der Waals surface area contributed by atoms with Crippen LogP contribution in [0.15, 0.2) is 47.4 Å². The van der Waals surface area contributed by atoms with Crippen molar-refractivity contribution in [2.75, 3.05) is 11.9 Å². The second-order valence-corrected chi connectivity index (χ2v) is 9.22. The smallest absolute Gasteiger partial charge is 0.262 e. The molecule has 0 spiro atoms. The highest BCUT2D eigenvalue weighted by Gasteiger charge is 2.22. The summed E-state index contributed by atoms with van der Waals surface area (Å²) in [5.41, 5.74) is 0.606. The van der Waals surface area contributed by atoms with E-state index in [1.165, 1.54) is 12.1 Å². The first-order valence-corrected chi connectivity index (χ1v) is 10.2. The van der Waals surface area contributed by atoms with E-state index in [4.69, 9.17) is 16.3 Å². The molecular formula is C19H23ClN2O4S. The zero-order valence-electron chi connectivity index (χ0n) is 15.7. The van der Waals surface area contributed by atoms with E-state index in [-0.39, 0.29) is 11.5 Å². The number of aryl methyl sites for hydroxylation is 1. The van der Waals surface area contributed by atoms with Gasteiger partial charge in [0, 0.05) is 16.2 Å². The summed E-state index contributed by atoms with van der Waals surface area (Å²) >= 11 is 5.95. The molecule has 1 amide bonds. The van der Waals surface area contributed by atoms with Crippen LogP contribution in [0.4, 0.5) is 5.69 Å². The van der Waals surface area contributed by atoms with Crippen molar-refractivity contribution in [3.05, 3.63) is 53.1 Å². The Morgan fingerprint density at radius 3 is 2.48 bits per heavy atom. The first kappa shape index (κ1) is 21.2. The lowest BCUT2D eigenvalue weighted by Gasteiger charge is -2.20. The molecule has 0 aliphatic carbocycles. The van der Waals surface area contributed by atoms with Gasteiger partial charge in [0.1, 0.15) is 5.75 Å². The Morgan fingerprint density at radius 2 is 1.85 bits per heavy atom. The topological polar surface area (TPSA) is 84.5 Å². The van der Waals surface area contributed by atoms with Gasteiger partial charge in [-0.1, -0.05) is 17.7 Å². The number of amides is 1. The molecular weight excluding hydrogens is 388 g/mol. The summed E-state index contributed by atoms with van der Waals surface area (Å²) in [4.78, 5) is 12.2. The minimum absolute atomic E-state index is 0.0736. The molecule has 146 valence electrons. The molecule has 0 saturated carbocycles. The molecule has 2 rings (SSSR count). The average Bonchev–Trinajstić information content (AvgIpc) is 2.54. The molecule has 2 aromatic carbocycles. The van der Waals surface area contributed by atoms with Crippen LogP contribution in [0.1, 0.15) is 26.3 Å². The summed E-state index contributed by atoms with van der Waals surface area (Å²) in [6.07, 6.45) is 0. The van der Waals surface area contributed by atoms with Crippen molar-refractivity contribution >= 4 is 33.2 Å². The van der Waals surface area contributed by atoms with Gasteiger partial charge in [-0.25, -0.2) is 13.1 Å². The quantitative estimate of drug-likeness (QED) is 0.759. The van der Waals surface area contributed by atoms with Gasteiger partial charge in [-0.05, 0) is 69.7 Å². The summed E-state index contributed by atoms with van der Waals surface area (Å²) in [7, 11) is -3.69. The summed E-state index contributed by atoms with van der Waals surface area (Å²) in [6.45, 7) is 6.90. The molecule has 6 nitrogen and oxygen atoms in total. The molecule has 0 aliphatic heterocycles. The van der Waals surface area contributed by atoms with Gasteiger partial charge in [-0.2, -0.15) is 0 Å². The Morgan fingerprint density at radius 1 is 1.15 bits per heavy atom. The highest BCUT2D eigenvalue weighted by molar-refractivity contribution is 7.89. The second kappa shape index (κ2) is 8.29. The summed E-state index contributed by atoms with van der Waals surface area (Å²) < 4.78 is 32.8. The van der Waals surface area contributed by atoms with Crippen molar-refractivity contribution in [3.8, 4) is 5.75 Å². The van der Waals surface area contributed by atoms with Crippen LogP contribution in [-0.4, -0.2) is 26.5 Å². The number of rotatable bonds is 6. The Bertz CT molecular complexity index is 937. The van der Waals surface area contributed by atoms with Crippen LogP contribution in [-0.2, 0) is 14.8 Å². The Hall–Kier alpha value is -2.09. The molecule has 0 atom stereocenters. The lowest BCUT2D eigenvalue weighted by molar-refractivity contribution is -0.118. The highest BCUT2D eigenvalue weighted by atomic mass is 35.5. The van der Waals surface area contributed by atoms with E-state index in [1.807, 2.05) is 6.92 Å². The third kappa shape index (κ3) is 6.53. The van der Waals surface area contributed by atoms with Crippen LogP contribution in [0.3, 0.4) is 0 Å². The Balaban J connectivity index is 2.03. The maximum atomic E-state index is 12.4. The van der Waals surface area contributed by atoms with Crippen molar-refractivity contribution in [2.24, 2.45) is 0 Å². The van der Waals surface area contributed by atoms with Gasteiger partial charge >= 0.3 is 0 Å². The van der Waals surface area contributed by atoms with Crippen molar-refractivity contribution in [3.63, 3.8) is 0 Å². The summed E-state index contributed by atoms with van der Waals surface area (Å²) in [5.74, 6) is 0.124. The lowest BCUT2D eigenvalue weighted by Crippen LogP contribution is -2.40. The molecule has 2 N–H and O–H groups in total. The number of benzene rings is 2. The molecule has 0 unspecified atom stereocenters. The summed E-state index contributed by atoms with van der Waals surface area (Å²) in [5, 5.41) is 3.25. The molecule has 0 radical (unpaired) electrons. The lowest BCUT2D eigenvalue weighted by atomic mass is 10.1. The number of carbonyl (C=O) groups excluding carboxylic acids is 1. The second-order valence-electron chi connectivity index (χ2n) is 7.13. The van der Waals surface area contributed by atoms with Gasteiger partial charge in [0.2, 0.25) is 10.0 Å². The van der Waals surface area contributed by atoms with Gasteiger partial charge < -0.3 is 10.1 Å². The van der Waals surface area contributed by atoms with E-state index in [0.29, 0.717) is 16.5 Å². The minimum atomic E-state index is -3.69. The van der Waals surface area contributed by atoms with Crippen LogP contribution in [0, 0.1) is 6.92 Å². The molecule has 0 heterocycles. The third-order valence-electron chi connectivity index (χ3n) is 3.37. The van der Waals surface area contributed by atoms with Crippen LogP contribution in [0.5, 0.6) is 5.75 Å². The average molecular weight is 411 g/mol. The molecule has 0 saturated heterocycles. The van der Waals surface area contributed by atoms with Crippen LogP contribution in [0.2, 0.25) is 5.02 Å². The van der Waals surface area contributed by atoms with Crippen molar-refractivity contribution in [1.82, 2.24) is 4.72 Å². The molecule has 27 heavy (non-hydrogen) atoms. The number of nitrogens with one attached hydrogen (secondary N) is 2. The molecule has 0 bridgehead atoms. The normalized spacial score (nSPS) is 11.9. The van der Waals surface area contributed by atoms with Crippen molar-refractivity contribution in [2.45, 2.75) is 38.1 Å². The predicted molar refractivity (Wildman–Crippen MR) is 107 cm³/mol. The standard InChI is InChI=1S/C19H23ClN2O4S/c1-13-10-15(8-9-17(13)20)26-12-18(23)21-14-6-5-7-16(11-14)27(24,25)22-19(2,3)4/h5-11,22H,12H2,1-4H3,(H,21,23). The van der Waals surface area contributed by atoms with E-state index < -0.39 is 21.5 Å². The van der Waals surface area contributed by atoms with E-state index in [1.54, 1.807) is 51.1 Å². The van der Waals surface area contributed by atoms with Gasteiger partial charge in [0.25, 0.3) is 5.91 Å². The molecule has 8 heteroatoms. The van der Waals surface area contributed by atoms with Crippen LogP contribution < -0.4 is 14.8 Å². The van der Waals surface area contributed by atoms with E-state index >= 15 is 0 Å². The minimum Gasteiger partial charge on any atom is -0.484 e. The number of anilines is 1. The number of halogens is 1. The van der Waals surface area contributed by atoms with Crippen molar-refractivity contribution < 1.29 is 17.9 Å². The van der Waals surface area contributed by atoms with Crippen LogP contribution in [0.25, 0.3) is 0 Å². The zero-order chi connectivity index (χ0) is 20.2. The molecule has 0 aromatic heterocycles. The fraction of sp³-hybridized carbons (Fsp3) is 0.316. The van der Waals surface area contributed by atoms with Gasteiger partial charge in [-0.15, -0.1) is 0 Å². The number of ether oxygens (including phenoxy) is 1. The fourth-order valence-corrected chi connectivity index (χ4v) is 3.84. The first-order chi connectivity index (χ1) is 12.5. The molecule has 2 aromatic rings. The van der Waals surface area contributed by atoms with Gasteiger partial charge in [0.05, 0.1) is 4.90 Å². The van der Waals surface area contributed by atoms with Crippen LogP contribution >= 0.6 is 11.6 Å². The highest BCUT2D eigenvalue weighted by Crippen LogP contribution is 2.21. The fourth-order valence-electron chi connectivity index (χ4n) is 2.26. The SMILES string of the molecule is Cc1cc(OCC(=O)Nc2cccc(S(=O)(=O)NC(C)(C)C)c2)ccc1Cl. The number of carbonyl (C=O) groups is 1. The number of hydrogen-bond donors (Lipinski definition) is 2. The van der Waals surface area contributed by atoms with E-state index in [2.05, 4.69) is 10.0 Å². The summed E-state index contributed by atoms with van der Waals surface area (Å²) in [6, 6.07) is 11.2. The zero-order valence-corrected chi connectivity index (χ0v) is 17.2. The number of hydrogen-bond acceptors (Lipinski definition) is 4. The number of sulfonamides is 1. The van der Waals surface area contributed by atoms with Crippen molar-refractivity contribution in [1.29, 1.82) is 0 Å². The van der Waals surface area contributed by atoms with Gasteiger partial charge in [0.15, 0.2) is 6.61 Å². The Labute approximate surface area is 164 Å².